The Morgan fingerprint density at radius 3 is 1.36 bits per heavy atom. The van der Waals surface area contributed by atoms with E-state index >= 15 is 0 Å². The molecule has 0 spiro atoms. The van der Waals surface area contributed by atoms with Gasteiger partial charge in [-0.2, -0.15) is 0 Å². The van der Waals surface area contributed by atoms with Crippen LogP contribution in [0.3, 0.4) is 0 Å². The van der Waals surface area contributed by atoms with E-state index in [1.165, 1.54) is 13.8 Å². The topological polar surface area (TPSA) is 703 Å². The number of aromatic amines is 1. The summed E-state index contributed by atoms with van der Waals surface area (Å²) in [6.07, 6.45) is -1.08. The van der Waals surface area contributed by atoms with Gasteiger partial charge in [-0.05, 0) is 126 Å². The van der Waals surface area contributed by atoms with Crippen LogP contribution in [0.4, 0.5) is 0 Å². The van der Waals surface area contributed by atoms with E-state index in [-0.39, 0.29) is 95.1 Å². The number of fused-ring (bicyclic) bond motifs is 1. The number of aliphatic hydroxyl groups is 1. The third-order valence-electron chi connectivity index (χ3n) is 19.3. The van der Waals surface area contributed by atoms with Gasteiger partial charge in [0, 0.05) is 49.3 Å². The highest BCUT2D eigenvalue weighted by Gasteiger charge is 2.39. The summed E-state index contributed by atoms with van der Waals surface area (Å²) in [5.74, 6) is -17.8. The number of para-hydroxylation sites is 1. The van der Waals surface area contributed by atoms with Crippen molar-refractivity contribution in [1.82, 2.24) is 74.1 Å². The summed E-state index contributed by atoms with van der Waals surface area (Å²) >= 11 is 0. The molecule has 0 bridgehead atoms. The van der Waals surface area contributed by atoms with E-state index in [2.05, 4.69) is 79.1 Å². The number of carbonyl (C=O) groups excluding carboxylic acids is 17. The zero-order chi connectivity index (χ0) is 88.7. The number of unbranched alkanes of at least 4 members (excludes halogenated alkanes) is 1. The number of nitrogens with one attached hydrogen (secondary N) is 14. The van der Waals surface area contributed by atoms with Crippen LogP contribution in [0, 0.1) is 29.6 Å². The lowest BCUT2D eigenvalue weighted by Gasteiger charge is -2.29. The molecule has 41 nitrogen and oxygen atoms in total. The highest BCUT2D eigenvalue weighted by atomic mass is 16.3. The van der Waals surface area contributed by atoms with Crippen molar-refractivity contribution in [3.05, 3.63) is 36.0 Å². The molecule has 1 heterocycles. The van der Waals surface area contributed by atoms with E-state index in [1.54, 1.807) is 99.7 Å². The number of nitrogens with two attached hydrogens (primary N) is 8. The van der Waals surface area contributed by atoms with Crippen LogP contribution in [0.15, 0.2) is 35.5 Å². The molecule has 0 unspecified atom stereocenters. The zero-order valence-electron chi connectivity index (χ0n) is 69.2. The van der Waals surface area contributed by atoms with Gasteiger partial charge < -0.3 is 125 Å². The molecule has 2 aromatic rings. The Hall–Kier alpha value is -11.1. The zero-order valence-corrected chi connectivity index (χ0v) is 69.2. The number of hydrogen-bond donors (Lipinski definition) is 23. The first kappa shape index (κ1) is 102. The van der Waals surface area contributed by atoms with Crippen LogP contribution < -0.4 is 115 Å². The fourth-order valence-electron chi connectivity index (χ4n) is 12.1. The number of benzene rings is 1. The lowest BCUT2D eigenvalue weighted by Crippen LogP contribution is -2.62. The molecule has 117 heavy (non-hydrogen) atoms. The molecule has 1 aromatic carbocycles. The smallest absolute Gasteiger partial charge is 0.245 e. The number of carbonyl (C=O) groups is 17. The molecule has 17 amide bonds. The molecule has 31 N–H and O–H groups in total. The Balaban J connectivity index is 2.49. The number of guanidine groups is 1. The first-order valence-corrected chi connectivity index (χ1v) is 39.7. The number of H-pyrrole nitrogens is 1. The molecule has 0 fully saturated rings. The molecule has 2 rings (SSSR count). The molecule has 0 aliphatic rings. The van der Waals surface area contributed by atoms with Crippen molar-refractivity contribution in [3.8, 4) is 0 Å². The minimum Gasteiger partial charge on any atom is -0.391 e. The number of hydrogen-bond acceptors (Lipinski definition) is 21. The standard InChI is InChI=1S/C76H129N23O18/c1-13-40(9)60(63(82)105)98-70(112)49(23-19-31-85-76(83)84)89-64(106)42(11)88-67(109)50(25-28-56(80)102)91-71(113)52(32-37(3)4)94-69(111)51(26-29-57(81)103)90-68(110)48(22-17-18-30-77)92-74(116)61(41(10)14-2)96-58(104)36-87-66(108)54(34-44-35-86-47-21-16-15-20-45(44)47)95-73(115)59(39(7)8)97-75(117)62(43(12)100)99-72(114)53(33-38(5)6)93-65(107)46(78)24-27-55(79)101/h15-16,20-21,35,37-43,46,48-54,59-62,86,100H,13-14,17-19,22-34,36,77-78H2,1-12H3,(H2,79,101)(H2,80,102)(H2,81,103)(H2,82,105)(H,87,108)(H,88,109)(H,89,106)(H,90,110)(H,91,113)(H,92,116)(H,93,107)(H,94,111)(H,95,115)(H,96,104)(H,97,117)(H,98,112)(H,99,114)(H4,83,84,85)/t40-,41-,42-,43+,46-,48-,49-,50-,51-,52-,53-,54-,59-,60-,61-,62-/m0/s1. The van der Waals surface area contributed by atoms with Crippen molar-refractivity contribution in [3.63, 3.8) is 0 Å². The van der Waals surface area contributed by atoms with Gasteiger partial charge in [0.2, 0.25) is 100 Å². The second-order valence-electron chi connectivity index (χ2n) is 30.7. The van der Waals surface area contributed by atoms with Gasteiger partial charge in [0.1, 0.15) is 72.5 Å². The predicted octanol–water partition coefficient (Wildman–Crippen LogP) is -5.32. The third-order valence-corrected chi connectivity index (χ3v) is 19.3. The van der Waals surface area contributed by atoms with E-state index in [4.69, 9.17) is 45.9 Å². The molecule has 1 aromatic heterocycles. The first-order valence-electron chi connectivity index (χ1n) is 39.7. The van der Waals surface area contributed by atoms with E-state index in [9.17, 15) is 86.6 Å². The molecule has 41 heteroatoms. The van der Waals surface area contributed by atoms with E-state index in [0.717, 1.165) is 0 Å². The average molecular weight is 1650 g/mol. The number of aromatic nitrogens is 1. The number of amides is 17. The van der Waals surface area contributed by atoms with Crippen molar-refractivity contribution in [2.24, 2.45) is 80.5 Å². The lowest BCUT2D eigenvalue weighted by atomic mass is 9.97. The molecule has 0 saturated heterocycles. The normalized spacial score (nSPS) is 15.4. The van der Waals surface area contributed by atoms with E-state index in [1.807, 2.05) is 0 Å². The van der Waals surface area contributed by atoms with Crippen molar-refractivity contribution in [1.29, 1.82) is 0 Å². The molecule has 0 aliphatic carbocycles. The summed E-state index contributed by atoms with van der Waals surface area (Å²) < 4.78 is 0. The summed E-state index contributed by atoms with van der Waals surface area (Å²) in [7, 11) is 0. The van der Waals surface area contributed by atoms with E-state index < -0.39 is 235 Å². The van der Waals surface area contributed by atoms with Gasteiger partial charge in [-0.15, -0.1) is 0 Å². The SMILES string of the molecule is CC[C@H](C)[C@H](NC(=O)[C@H](CCCN=C(N)N)NC(=O)[C@H](C)NC(=O)[C@H](CCC(N)=O)NC(=O)[C@H](CC(C)C)NC(=O)[C@H](CCC(N)=O)NC(=O)[C@H](CCCCN)NC(=O)[C@@H](NC(=O)CNC(=O)[C@H](Cc1c[nH]c2ccccc12)NC(=O)[C@@H](NC(=O)[C@@H](NC(=O)[C@H](CC(C)C)NC(=O)[C@@H](N)CCC(N)=O)[C@@H](C)O)C(C)C)[C@@H](C)CC)C(N)=O. The molecule has 0 saturated carbocycles. The van der Waals surface area contributed by atoms with Crippen molar-refractivity contribution < 1.29 is 86.6 Å². The van der Waals surface area contributed by atoms with Gasteiger partial charge in [-0.3, -0.25) is 86.5 Å². The van der Waals surface area contributed by atoms with Crippen molar-refractivity contribution in [2.45, 2.75) is 270 Å². The Morgan fingerprint density at radius 2 is 0.855 bits per heavy atom. The molecule has 656 valence electrons. The van der Waals surface area contributed by atoms with Crippen LogP contribution >= 0.6 is 0 Å². The van der Waals surface area contributed by atoms with Gasteiger partial charge in [0.25, 0.3) is 0 Å². The van der Waals surface area contributed by atoms with Gasteiger partial charge in [0.15, 0.2) is 5.96 Å². The second-order valence-corrected chi connectivity index (χ2v) is 30.7. The van der Waals surface area contributed by atoms with Crippen LogP contribution in [0.2, 0.25) is 0 Å². The predicted molar refractivity (Wildman–Crippen MR) is 433 cm³/mol. The fraction of sp³-hybridized carbons (Fsp3) is 0.658. The number of aliphatic imine (C=N–C) groups is 1. The van der Waals surface area contributed by atoms with Crippen LogP contribution in [-0.2, 0) is 87.9 Å². The molecular formula is C76H129N23O18. The lowest BCUT2D eigenvalue weighted by molar-refractivity contribution is -0.137. The quantitative estimate of drug-likeness (QED) is 0.0167. The highest BCUT2D eigenvalue weighted by Crippen LogP contribution is 2.21. The summed E-state index contributed by atoms with van der Waals surface area (Å²) in [5.41, 5.74) is 45.8. The summed E-state index contributed by atoms with van der Waals surface area (Å²) in [4.78, 5) is 239. The Kier molecular flexibility index (Phi) is 45.1. The number of nitrogens with zero attached hydrogens (tertiary/aromatic N) is 1. The Labute approximate surface area is 681 Å². The molecule has 16 atom stereocenters. The van der Waals surface area contributed by atoms with Crippen LogP contribution in [0.25, 0.3) is 10.9 Å². The monoisotopic (exact) mass is 1650 g/mol. The van der Waals surface area contributed by atoms with Crippen LogP contribution in [0.5, 0.6) is 0 Å². The molecule has 0 aliphatic heterocycles. The van der Waals surface area contributed by atoms with Crippen LogP contribution in [0.1, 0.15) is 185 Å². The first-order chi connectivity index (χ1) is 54.8. The van der Waals surface area contributed by atoms with Crippen molar-refractivity contribution in [2.75, 3.05) is 19.6 Å². The number of aliphatic hydroxyl groups excluding tert-OH is 1. The second kappa shape index (κ2) is 51.8. The molecular weight excluding hydrogens is 1520 g/mol. The van der Waals surface area contributed by atoms with Crippen molar-refractivity contribution >= 4 is 117 Å². The summed E-state index contributed by atoms with van der Waals surface area (Å²) in [5, 5.41) is 44.9. The maximum Gasteiger partial charge on any atom is 0.245 e. The van der Waals surface area contributed by atoms with Crippen LogP contribution in [-0.4, -0.2) is 221 Å². The number of primary amides is 4. The minimum atomic E-state index is -1.71. The maximum absolute atomic E-state index is 14.6. The minimum absolute atomic E-state index is 0.0506. The van der Waals surface area contributed by atoms with Gasteiger partial charge in [-0.25, -0.2) is 0 Å². The highest BCUT2D eigenvalue weighted by molar-refractivity contribution is 6.01. The fourth-order valence-corrected chi connectivity index (χ4v) is 12.1. The average Bonchev–Trinajstić information content (AvgIpc) is 1.75. The Morgan fingerprint density at radius 1 is 0.436 bits per heavy atom. The van der Waals surface area contributed by atoms with Gasteiger partial charge in [0.05, 0.1) is 18.7 Å². The summed E-state index contributed by atoms with van der Waals surface area (Å²) in [6, 6.07) is -11.5. The van der Waals surface area contributed by atoms with Gasteiger partial charge >= 0.3 is 0 Å². The van der Waals surface area contributed by atoms with Gasteiger partial charge in [-0.1, -0.05) is 100 Å². The largest absolute Gasteiger partial charge is 0.391 e. The maximum atomic E-state index is 14.6. The summed E-state index contributed by atoms with van der Waals surface area (Å²) in [6.45, 7) is 18.8. The molecule has 0 radical (unpaired) electrons. The third kappa shape index (κ3) is 37.2. The van der Waals surface area contributed by atoms with E-state index in [0.29, 0.717) is 29.3 Å². The number of rotatable bonds is 56. The Bertz CT molecular complexity index is 3740.